The summed E-state index contributed by atoms with van der Waals surface area (Å²) in [6.07, 6.45) is 0. The summed E-state index contributed by atoms with van der Waals surface area (Å²) < 4.78 is 26.7. The molecular formula is C15H11F2N3. The van der Waals surface area contributed by atoms with E-state index < -0.39 is 5.82 Å². The molecule has 0 radical (unpaired) electrons. The van der Waals surface area contributed by atoms with Crippen LogP contribution in [0.3, 0.4) is 0 Å². The van der Waals surface area contributed by atoms with Crippen LogP contribution in [0.15, 0.2) is 36.4 Å². The van der Waals surface area contributed by atoms with E-state index in [4.69, 9.17) is 5.73 Å². The normalized spacial score (nSPS) is 10.9. The van der Waals surface area contributed by atoms with Gasteiger partial charge in [0.1, 0.15) is 17.5 Å². The molecular weight excluding hydrogens is 260 g/mol. The van der Waals surface area contributed by atoms with Gasteiger partial charge in [-0.15, -0.1) is 0 Å². The van der Waals surface area contributed by atoms with E-state index in [9.17, 15) is 8.78 Å². The summed E-state index contributed by atoms with van der Waals surface area (Å²) in [5.74, 6) is -0.256. The Balaban J connectivity index is 2.26. The molecule has 2 aromatic carbocycles. The zero-order valence-electron chi connectivity index (χ0n) is 10.7. The molecule has 0 aliphatic rings. The minimum absolute atomic E-state index is 0.243. The summed E-state index contributed by atoms with van der Waals surface area (Å²) in [6.45, 7) is 1.77. The maximum Gasteiger partial charge on any atom is 0.162 e. The highest BCUT2D eigenvalue weighted by Gasteiger charge is 2.09. The molecule has 3 nitrogen and oxygen atoms in total. The fraction of sp³-hybridized carbons (Fsp3) is 0.0667. The van der Waals surface area contributed by atoms with Crippen molar-refractivity contribution in [3.8, 4) is 11.4 Å². The van der Waals surface area contributed by atoms with E-state index in [0.717, 1.165) is 5.56 Å². The maximum atomic E-state index is 13.4. The number of aryl methyl sites for hydroxylation is 1. The topological polar surface area (TPSA) is 51.8 Å². The van der Waals surface area contributed by atoms with Crippen molar-refractivity contribution in [2.75, 3.05) is 5.73 Å². The van der Waals surface area contributed by atoms with Gasteiger partial charge in [-0.3, -0.25) is 0 Å². The van der Waals surface area contributed by atoms with E-state index in [-0.39, 0.29) is 17.5 Å². The molecule has 0 saturated heterocycles. The number of rotatable bonds is 1. The molecule has 0 saturated carbocycles. The highest BCUT2D eigenvalue weighted by molar-refractivity contribution is 5.89. The number of anilines is 1. The number of halogens is 2. The Morgan fingerprint density at radius 3 is 2.50 bits per heavy atom. The fourth-order valence-corrected chi connectivity index (χ4v) is 2.12. The maximum absolute atomic E-state index is 13.4. The van der Waals surface area contributed by atoms with Gasteiger partial charge in [0.15, 0.2) is 5.82 Å². The number of hydrogen-bond donors (Lipinski definition) is 1. The van der Waals surface area contributed by atoms with Gasteiger partial charge >= 0.3 is 0 Å². The molecule has 5 heteroatoms. The van der Waals surface area contributed by atoms with E-state index in [0.29, 0.717) is 16.5 Å². The Labute approximate surface area is 114 Å². The highest BCUT2D eigenvalue weighted by atomic mass is 19.1. The molecule has 0 amide bonds. The average molecular weight is 271 g/mol. The summed E-state index contributed by atoms with van der Waals surface area (Å²) in [7, 11) is 0. The molecule has 0 atom stereocenters. The van der Waals surface area contributed by atoms with Gasteiger partial charge in [0, 0.05) is 17.0 Å². The first-order valence-corrected chi connectivity index (χ1v) is 6.03. The van der Waals surface area contributed by atoms with E-state index in [1.165, 1.54) is 30.3 Å². The predicted molar refractivity (Wildman–Crippen MR) is 74.0 cm³/mol. The van der Waals surface area contributed by atoms with Crippen molar-refractivity contribution >= 4 is 16.7 Å². The summed E-state index contributed by atoms with van der Waals surface area (Å²) in [5, 5.41) is 0.572. The minimum Gasteiger partial charge on any atom is -0.383 e. The number of hydrogen-bond acceptors (Lipinski definition) is 3. The largest absolute Gasteiger partial charge is 0.383 e. The van der Waals surface area contributed by atoms with Crippen molar-refractivity contribution in [2.24, 2.45) is 0 Å². The first-order chi connectivity index (χ1) is 9.52. The van der Waals surface area contributed by atoms with Crippen LogP contribution in [0.1, 0.15) is 5.56 Å². The van der Waals surface area contributed by atoms with Gasteiger partial charge in [-0.05, 0) is 42.8 Å². The van der Waals surface area contributed by atoms with Crippen LogP contribution in [0.4, 0.5) is 14.6 Å². The zero-order valence-corrected chi connectivity index (χ0v) is 10.7. The van der Waals surface area contributed by atoms with E-state index in [1.807, 2.05) is 0 Å². The zero-order chi connectivity index (χ0) is 14.3. The third kappa shape index (κ3) is 2.18. The van der Waals surface area contributed by atoms with Crippen molar-refractivity contribution in [3.63, 3.8) is 0 Å². The average Bonchev–Trinajstić information content (AvgIpc) is 2.36. The molecule has 0 unspecified atom stereocenters. The van der Waals surface area contributed by atoms with Gasteiger partial charge in [-0.1, -0.05) is 0 Å². The molecule has 3 rings (SSSR count). The first-order valence-electron chi connectivity index (χ1n) is 6.03. The molecule has 0 fully saturated rings. The van der Waals surface area contributed by atoms with Crippen molar-refractivity contribution in [2.45, 2.75) is 6.92 Å². The van der Waals surface area contributed by atoms with E-state index in [1.54, 1.807) is 13.0 Å². The number of nitrogens with two attached hydrogens (primary N) is 1. The highest BCUT2D eigenvalue weighted by Crippen LogP contribution is 2.24. The number of aromatic nitrogens is 2. The van der Waals surface area contributed by atoms with Crippen molar-refractivity contribution in [1.29, 1.82) is 0 Å². The Morgan fingerprint density at radius 2 is 1.75 bits per heavy atom. The molecule has 0 bridgehead atoms. The Kier molecular flexibility index (Phi) is 2.82. The predicted octanol–water partition coefficient (Wildman–Crippen LogP) is 3.47. The summed E-state index contributed by atoms with van der Waals surface area (Å²) >= 11 is 0. The fourth-order valence-electron chi connectivity index (χ4n) is 2.12. The quantitative estimate of drug-likeness (QED) is 0.737. The van der Waals surface area contributed by atoms with Gasteiger partial charge in [0.25, 0.3) is 0 Å². The third-order valence-electron chi connectivity index (χ3n) is 2.99. The molecule has 0 spiro atoms. The minimum atomic E-state index is -0.406. The lowest BCUT2D eigenvalue weighted by atomic mass is 10.1. The Morgan fingerprint density at radius 1 is 0.950 bits per heavy atom. The van der Waals surface area contributed by atoms with Crippen LogP contribution in [-0.2, 0) is 0 Å². The lowest BCUT2D eigenvalue weighted by Gasteiger charge is -2.06. The van der Waals surface area contributed by atoms with Crippen molar-refractivity contribution < 1.29 is 8.78 Å². The molecule has 1 heterocycles. The molecule has 2 N–H and O–H groups in total. The van der Waals surface area contributed by atoms with Crippen LogP contribution >= 0.6 is 0 Å². The second-order valence-electron chi connectivity index (χ2n) is 4.61. The van der Waals surface area contributed by atoms with Gasteiger partial charge in [0.05, 0.1) is 5.52 Å². The van der Waals surface area contributed by atoms with Crippen LogP contribution in [0, 0.1) is 18.6 Å². The molecule has 3 aromatic rings. The third-order valence-corrected chi connectivity index (χ3v) is 2.99. The Hall–Kier alpha value is -2.56. The molecule has 0 aliphatic carbocycles. The van der Waals surface area contributed by atoms with Crippen molar-refractivity contribution in [1.82, 2.24) is 9.97 Å². The molecule has 0 aliphatic heterocycles. The summed E-state index contributed by atoms with van der Waals surface area (Å²) in [6, 6.07) is 8.60. The number of benzene rings is 2. The molecule has 20 heavy (non-hydrogen) atoms. The van der Waals surface area contributed by atoms with E-state index >= 15 is 0 Å². The van der Waals surface area contributed by atoms with Crippen LogP contribution < -0.4 is 5.73 Å². The van der Waals surface area contributed by atoms with Crippen LogP contribution in [0.2, 0.25) is 0 Å². The summed E-state index contributed by atoms with van der Waals surface area (Å²) in [5.41, 5.74) is 7.52. The second kappa shape index (κ2) is 4.52. The van der Waals surface area contributed by atoms with Gasteiger partial charge in [0.2, 0.25) is 0 Å². The van der Waals surface area contributed by atoms with Crippen LogP contribution in [-0.4, -0.2) is 9.97 Å². The number of nitrogen functional groups attached to an aromatic ring is 1. The molecule has 100 valence electrons. The lowest BCUT2D eigenvalue weighted by molar-refractivity contribution is 0.626. The number of nitrogens with zero attached hydrogens (tertiary/aromatic N) is 2. The smallest absolute Gasteiger partial charge is 0.162 e. The van der Waals surface area contributed by atoms with Gasteiger partial charge in [-0.25, -0.2) is 18.7 Å². The molecule has 1 aromatic heterocycles. The van der Waals surface area contributed by atoms with Crippen molar-refractivity contribution in [3.05, 3.63) is 53.6 Å². The Bertz CT molecular complexity index is 795. The van der Waals surface area contributed by atoms with Crippen LogP contribution in [0.5, 0.6) is 0 Å². The standard InChI is InChI=1S/C15H11F2N3/c1-8-4-9(6-11(17)5-8)15-19-13-7-10(16)2-3-12(13)14(18)20-15/h2-7H,1H3,(H2,18,19,20). The summed E-state index contributed by atoms with van der Waals surface area (Å²) in [4.78, 5) is 8.41. The second-order valence-corrected chi connectivity index (χ2v) is 4.61. The van der Waals surface area contributed by atoms with Gasteiger partial charge < -0.3 is 5.73 Å². The monoisotopic (exact) mass is 271 g/mol. The lowest BCUT2D eigenvalue weighted by Crippen LogP contribution is -1.98. The van der Waals surface area contributed by atoms with Gasteiger partial charge in [-0.2, -0.15) is 0 Å². The SMILES string of the molecule is Cc1cc(F)cc(-c2nc(N)c3ccc(F)cc3n2)c1. The number of fused-ring (bicyclic) bond motifs is 1. The first kappa shape index (κ1) is 12.5. The van der Waals surface area contributed by atoms with E-state index in [2.05, 4.69) is 9.97 Å². The van der Waals surface area contributed by atoms with Crippen LogP contribution in [0.25, 0.3) is 22.3 Å².